The summed E-state index contributed by atoms with van der Waals surface area (Å²) in [4.78, 5) is 9.40. The van der Waals surface area contributed by atoms with Crippen molar-refractivity contribution in [3.05, 3.63) is 33.4 Å². The number of aryl methyl sites for hydroxylation is 1. The van der Waals surface area contributed by atoms with Gasteiger partial charge in [-0.25, -0.2) is 8.42 Å². The van der Waals surface area contributed by atoms with E-state index in [1.165, 1.54) is 6.92 Å². The largest absolute Gasteiger partial charge is 0.271 e. The van der Waals surface area contributed by atoms with Crippen LogP contribution in [0.15, 0.2) is 17.0 Å². The van der Waals surface area contributed by atoms with Crippen LogP contribution in [-0.4, -0.2) is 13.3 Å². The minimum atomic E-state index is -4.09. The van der Waals surface area contributed by atoms with Crippen molar-refractivity contribution in [1.29, 1.82) is 5.26 Å². The Morgan fingerprint density at radius 3 is 2.44 bits per heavy atom. The molecule has 0 saturated carbocycles. The summed E-state index contributed by atoms with van der Waals surface area (Å²) in [6, 6.07) is 3.50. The lowest BCUT2D eigenvalue weighted by atomic mass is 10.1. The number of nitro benzene ring substituents is 1. The van der Waals surface area contributed by atoms with E-state index >= 15 is 0 Å². The Balaban J connectivity index is 3.68. The van der Waals surface area contributed by atoms with E-state index in [1.54, 1.807) is 6.07 Å². The van der Waals surface area contributed by atoms with Crippen LogP contribution in [0.1, 0.15) is 11.1 Å². The van der Waals surface area contributed by atoms with Crippen LogP contribution in [0.3, 0.4) is 0 Å². The maximum Gasteiger partial charge on any atom is 0.271 e. The number of hydrogen-bond acceptors (Lipinski definition) is 5. The molecule has 0 aliphatic carbocycles. The maximum absolute atomic E-state index is 11.2. The van der Waals surface area contributed by atoms with E-state index < -0.39 is 14.0 Å². The molecule has 6 nitrogen and oxygen atoms in total. The molecule has 1 aromatic carbocycles. The standard InChI is InChI=1S/C8H5ClN2O4S/c1-5-2-7(11(12)13)3-6(4-10)8(5)16(9,14)15/h2-3H,1H3. The third kappa shape index (κ3) is 2.29. The van der Waals surface area contributed by atoms with Crippen LogP contribution in [0.5, 0.6) is 0 Å². The van der Waals surface area contributed by atoms with E-state index in [2.05, 4.69) is 0 Å². The topological polar surface area (TPSA) is 101 Å². The van der Waals surface area contributed by atoms with Crippen LogP contribution in [0.4, 0.5) is 5.69 Å². The van der Waals surface area contributed by atoms with E-state index in [1.807, 2.05) is 0 Å². The Hall–Kier alpha value is -1.65. The summed E-state index contributed by atoms with van der Waals surface area (Å²) in [5, 5.41) is 19.2. The van der Waals surface area contributed by atoms with Crippen LogP contribution in [0, 0.1) is 28.4 Å². The fourth-order valence-electron chi connectivity index (χ4n) is 1.27. The number of nitriles is 1. The molecule has 0 bridgehead atoms. The lowest BCUT2D eigenvalue weighted by molar-refractivity contribution is -0.385. The van der Waals surface area contributed by atoms with Crippen LogP contribution < -0.4 is 0 Å². The van der Waals surface area contributed by atoms with Gasteiger partial charge in [-0.2, -0.15) is 5.26 Å². The molecule has 0 unspecified atom stereocenters. The highest BCUT2D eigenvalue weighted by Gasteiger charge is 2.22. The third-order valence-corrected chi connectivity index (χ3v) is 3.33. The minimum absolute atomic E-state index is 0.0701. The van der Waals surface area contributed by atoms with Crippen LogP contribution in [0.25, 0.3) is 0 Å². The molecule has 16 heavy (non-hydrogen) atoms. The second kappa shape index (κ2) is 4.08. The molecule has 0 aromatic heterocycles. The summed E-state index contributed by atoms with van der Waals surface area (Å²) >= 11 is 0. The minimum Gasteiger partial charge on any atom is -0.258 e. The number of nitrogens with zero attached hydrogens (tertiary/aromatic N) is 2. The van der Waals surface area contributed by atoms with Crippen LogP contribution >= 0.6 is 10.7 Å². The molecule has 0 atom stereocenters. The first-order valence-corrected chi connectivity index (χ1v) is 6.22. The second-order valence-electron chi connectivity index (χ2n) is 2.95. The number of nitro groups is 1. The van der Waals surface area contributed by atoms with Crippen molar-refractivity contribution < 1.29 is 13.3 Å². The maximum atomic E-state index is 11.2. The van der Waals surface area contributed by atoms with E-state index in [9.17, 15) is 18.5 Å². The fourth-order valence-corrected chi connectivity index (χ4v) is 2.69. The molecule has 0 aliphatic heterocycles. The lowest BCUT2D eigenvalue weighted by Crippen LogP contribution is -2.01. The van der Waals surface area contributed by atoms with Crippen LogP contribution in [-0.2, 0) is 9.05 Å². The average Bonchev–Trinajstić information content (AvgIpc) is 2.14. The summed E-state index contributed by atoms with van der Waals surface area (Å²) in [6.45, 7) is 1.34. The second-order valence-corrected chi connectivity index (χ2v) is 5.45. The molecule has 0 N–H and O–H groups in total. The molecule has 0 amide bonds. The molecule has 1 aromatic rings. The lowest BCUT2D eigenvalue weighted by Gasteiger charge is -2.03. The zero-order chi connectivity index (χ0) is 12.5. The molecule has 8 heteroatoms. The normalized spacial score (nSPS) is 10.8. The smallest absolute Gasteiger partial charge is 0.258 e. The first-order chi connectivity index (χ1) is 7.27. The predicted octanol–water partition coefficient (Wildman–Crippen LogP) is 1.70. The van der Waals surface area contributed by atoms with Crippen molar-refractivity contribution in [1.82, 2.24) is 0 Å². The van der Waals surface area contributed by atoms with Gasteiger partial charge in [0.1, 0.15) is 11.0 Å². The molecule has 0 fully saturated rings. The molecule has 0 spiro atoms. The summed E-state index contributed by atoms with van der Waals surface area (Å²) in [7, 11) is 1.04. The van der Waals surface area contributed by atoms with Crippen molar-refractivity contribution in [3.63, 3.8) is 0 Å². The van der Waals surface area contributed by atoms with Gasteiger partial charge in [0.2, 0.25) is 0 Å². The van der Waals surface area contributed by atoms with E-state index in [-0.39, 0.29) is 21.7 Å². The summed E-state index contributed by atoms with van der Waals surface area (Å²) in [5.74, 6) is 0. The van der Waals surface area contributed by atoms with Gasteiger partial charge in [0, 0.05) is 22.8 Å². The van der Waals surface area contributed by atoms with Gasteiger partial charge in [-0.1, -0.05) is 0 Å². The molecular formula is C8H5ClN2O4S. The van der Waals surface area contributed by atoms with Crippen LogP contribution in [0.2, 0.25) is 0 Å². The van der Waals surface area contributed by atoms with Crippen molar-refractivity contribution in [3.8, 4) is 6.07 Å². The van der Waals surface area contributed by atoms with Gasteiger partial charge in [0.05, 0.1) is 10.5 Å². The molecule has 0 radical (unpaired) electrons. The van der Waals surface area contributed by atoms with Gasteiger partial charge < -0.3 is 0 Å². The predicted molar refractivity (Wildman–Crippen MR) is 55.6 cm³/mol. The zero-order valence-corrected chi connectivity index (χ0v) is 9.54. The van der Waals surface area contributed by atoms with Gasteiger partial charge in [-0.05, 0) is 12.5 Å². The Morgan fingerprint density at radius 2 is 2.06 bits per heavy atom. The van der Waals surface area contributed by atoms with Crippen molar-refractivity contribution in [2.24, 2.45) is 0 Å². The number of benzene rings is 1. The fraction of sp³-hybridized carbons (Fsp3) is 0.125. The highest BCUT2D eigenvalue weighted by molar-refractivity contribution is 8.13. The highest BCUT2D eigenvalue weighted by Crippen LogP contribution is 2.28. The SMILES string of the molecule is Cc1cc([N+](=O)[O-])cc(C#N)c1S(=O)(=O)Cl. The molecular weight excluding hydrogens is 256 g/mol. The Kier molecular flexibility index (Phi) is 3.16. The Labute approximate surface area is 95.6 Å². The monoisotopic (exact) mass is 260 g/mol. The van der Waals surface area contributed by atoms with Gasteiger partial charge >= 0.3 is 0 Å². The van der Waals surface area contributed by atoms with Crippen molar-refractivity contribution in [2.45, 2.75) is 11.8 Å². The van der Waals surface area contributed by atoms with Gasteiger partial charge in [-0.15, -0.1) is 0 Å². The Bertz CT molecular complexity index is 603. The quantitative estimate of drug-likeness (QED) is 0.457. The summed E-state index contributed by atoms with van der Waals surface area (Å²) in [6.07, 6.45) is 0. The molecule has 0 saturated heterocycles. The molecule has 1 rings (SSSR count). The summed E-state index contributed by atoms with van der Waals surface area (Å²) < 4.78 is 22.3. The molecule has 0 heterocycles. The average molecular weight is 261 g/mol. The number of rotatable bonds is 2. The number of non-ortho nitro benzene ring substituents is 1. The van der Waals surface area contributed by atoms with Crippen molar-refractivity contribution in [2.75, 3.05) is 0 Å². The molecule has 84 valence electrons. The van der Waals surface area contributed by atoms with Gasteiger partial charge in [-0.3, -0.25) is 10.1 Å². The van der Waals surface area contributed by atoms with E-state index in [4.69, 9.17) is 15.9 Å². The third-order valence-electron chi connectivity index (χ3n) is 1.83. The van der Waals surface area contributed by atoms with Gasteiger partial charge in [0.15, 0.2) is 0 Å². The first kappa shape index (κ1) is 12.4. The first-order valence-electron chi connectivity index (χ1n) is 3.91. The van der Waals surface area contributed by atoms with Gasteiger partial charge in [0.25, 0.3) is 14.7 Å². The van der Waals surface area contributed by atoms with Crippen molar-refractivity contribution >= 4 is 25.4 Å². The number of hydrogen-bond donors (Lipinski definition) is 0. The van der Waals surface area contributed by atoms with E-state index in [0.717, 1.165) is 12.1 Å². The summed E-state index contributed by atoms with van der Waals surface area (Å²) in [5.41, 5.74) is -0.611. The number of halogens is 1. The van der Waals surface area contributed by atoms with E-state index in [0.29, 0.717) is 0 Å². The zero-order valence-electron chi connectivity index (χ0n) is 7.97. The molecule has 0 aliphatic rings. The Morgan fingerprint density at radius 1 is 1.50 bits per heavy atom. The highest BCUT2D eigenvalue weighted by atomic mass is 35.7.